The number of ether oxygens (including phenoxy) is 2. The molecule has 0 aromatic heterocycles. The number of benzene rings is 4. The zero-order chi connectivity index (χ0) is 27.9. The summed E-state index contributed by atoms with van der Waals surface area (Å²) < 4.78 is 29.9. The number of amides is 1. The molecule has 0 heterocycles. The molecule has 0 radical (unpaired) electrons. The van der Waals surface area contributed by atoms with Crippen molar-refractivity contribution in [2.24, 2.45) is 0 Å². The molecule has 0 bridgehead atoms. The van der Waals surface area contributed by atoms with Gasteiger partial charge in [-0.1, -0.05) is 36.4 Å². The molecule has 0 aliphatic heterocycles. The molecule has 2 atom stereocenters. The Hall–Kier alpha value is -4.10. The molecule has 7 heteroatoms. The van der Waals surface area contributed by atoms with E-state index in [4.69, 9.17) is 13.7 Å². The lowest BCUT2D eigenvalue weighted by Crippen LogP contribution is -2.30. The summed E-state index contributed by atoms with van der Waals surface area (Å²) in [5.74, 6) is 1.41. The number of rotatable bonds is 10. The molecule has 0 spiro atoms. The summed E-state index contributed by atoms with van der Waals surface area (Å²) in [6.45, 7) is 10.3. The van der Waals surface area contributed by atoms with E-state index >= 15 is 0 Å². The molecule has 2 unspecified atom stereocenters. The highest BCUT2D eigenvalue weighted by molar-refractivity contribution is 7.80. The van der Waals surface area contributed by atoms with Crippen LogP contribution in [0.3, 0.4) is 0 Å². The van der Waals surface area contributed by atoms with Crippen LogP contribution in [-0.2, 0) is 22.5 Å². The molecule has 4 aromatic carbocycles. The molecule has 0 aliphatic carbocycles. The van der Waals surface area contributed by atoms with Crippen LogP contribution in [0.15, 0.2) is 89.8 Å². The highest BCUT2D eigenvalue weighted by Gasteiger charge is 2.18. The summed E-state index contributed by atoms with van der Waals surface area (Å²) in [6.07, 6.45) is -0.722. The maximum Gasteiger partial charge on any atom is 0.265 e. The smallest absolute Gasteiger partial charge is 0.265 e. The van der Waals surface area contributed by atoms with Gasteiger partial charge in [-0.3, -0.25) is 4.79 Å². The van der Waals surface area contributed by atoms with E-state index in [1.807, 2.05) is 51.1 Å². The van der Waals surface area contributed by atoms with Gasteiger partial charge in [-0.25, -0.2) is 4.21 Å². The van der Waals surface area contributed by atoms with E-state index in [0.717, 1.165) is 27.9 Å². The van der Waals surface area contributed by atoms with Crippen LogP contribution in [0.5, 0.6) is 17.2 Å². The van der Waals surface area contributed by atoms with Gasteiger partial charge >= 0.3 is 0 Å². The fourth-order valence-corrected chi connectivity index (χ4v) is 4.80. The lowest BCUT2D eigenvalue weighted by Gasteiger charge is -2.19. The fourth-order valence-electron chi connectivity index (χ4n) is 4.06. The lowest BCUT2D eigenvalue weighted by atomic mass is 9.98. The van der Waals surface area contributed by atoms with E-state index in [0.29, 0.717) is 28.8 Å². The largest absolute Gasteiger partial charge is 0.489 e. The minimum atomic E-state index is -1.72. The second-order valence-electron chi connectivity index (χ2n) is 9.42. The second kappa shape index (κ2) is 12.6. The van der Waals surface area contributed by atoms with Crippen molar-refractivity contribution in [1.82, 2.24) is 0 Å². The summed E-state index contributed by atoms with van der Waals surface area (Å²) in [5, 5.41) is 3.00. The first-order valence-electron chi connectivity index (χ1n) is 12.7. The predicted octanol–water partition coefficient (Wildman–Crippen LogP) is 7.01. The maximum atomic E-state index is 12.8. The molecule has 202 valence electrons. The topological polar surface area (TPSA) is 73.9 Å². The summed E-state index contributed by atoms with van der Waals surface area (Å²) in [6, 6.07) is 25.6. The summed E-state index contributed by atoms with van der Waals surface area (Å²) in [4.78, 5) is 13.3. The average molecular weight is 544 g/mol. The first-order chi connectivity index (χ1) is 18.7. The minimum absolute atomic E-state index is 0.239. The summed E-state index contributed by atoms with van der Waals surface area (Å²) in [7, 11) is 0. The first kappa shape index (κ1) is 27.9. The number of carbonyl (C=O) groups is 1. The number of hydrogen-bond donors (Lipinski definition) is 1. The third kappa shape index (κ3) is 7.27. The van der Waals surface area contributed by atoms with Gasteiger partial charge in [-0.15, -0.1) is 0 Å². The third-order valence-electron chi connectivity index (χ3n) is 6.55. The summed E-state index contributed by atoms with van der Waals surface area (Å²) >= 11 is -1.72. The molecule has 4 rings (SSSR count). The first-order valence-corrected chi connectivity index (χ1v) is 13.8. The molecule has 39 heavy (non-hydrogen) atoms. The Bertz CT molecular complexity index is 1450. The van der Waals surface area contributed by atoms with Crippen molar-refractivity contribution in [2.75, 3.05) is 5.32 Å². The molecule has 1 N–H and O–H groups in total. The Morgan fingerprint density at radius 2 is 1.41 bits per heavy atom. The number of anilines is 1. The fraction of sp³-hybridized carbons (Fsp3) is 0.219. The molecule has 1 amide bonds. The van der Waals surface area contributed by atoms with Gasteiger partial charge in [0.15, 0.2) is 6.10 Å². The van der Waals surface area contributed by atoms with E-state index in [9.17, 15) is 9.00 Å². The molecule has 0 aliphatic rings. The Morgan fingerprint density at radius 1 is 0.795 bits per heavy atom. The zero-order valence-corrected chi connectivity index (χ0v) is 23.6. The minimum Gasteiger partial charge on any atom is -0.489 e. The molecular formula is C32H33NO5S. The number of nitrogens with one attached hydrogen (secondary N) is 1. The van der Waals surface area contributed by atoms with Crippen LogP contribution in [0.25, 0.3) is 0 Å². The van der Waals surface area contributed by atoms with Crippen molar-refractivity contribution >= 4 is 22.7 Å². The highest BCUT2D eigenvalue weighted by Crippen LogP contribution is 2.27. The van der Waals surface area contributed by atoms with Crippen LogP contribution in [0.4, 0.5) is 5.69 Å². The monoisotopic (exact) mass is 543 g/mol. The number of carbonyl (C=O) groups excluding carboxylic acids is 1. The Balaban J connectivity index is 1.30. The van der Waals surface area contributed by atoms with Crippen LogP contribution < -0.4 is 19.0 Å². The van der Waals surface area contributed by atoms with Crippen molar-refractivity contribution in [3.05, 3.63) is 113 Å². The van der Waals surface area contributed by atoms with E-state index in [2.05, 4.69) is 18.3 Å². The molecule has 4 aromatic rings. The quantitative estimate of drug-likeness (QED) is 0.233. The van der Waals surface area contributed by atoms with Crippen molar-refractivity contribution in [3.63, 3.8) is 0 Å². The van der Waals surface area contributed by atoms with Crippen LogP contribution >= 0.6 is 0 Å². The molecule has 6 nitrogen and oxygen atoms in total. The van der Waals surface area contributed by atoms with Gasteiger partial charge in [-0.05, 0) is 111 Å². The van der Waals surface area contributed by atoms with Crippen LogP contribution in [0.2, 0.25) is 0 Å². The maximum absolute atomic E-state index is 12.8. The van der Waals surface area contributed by atoms with Crippen molar-refractivity contribution < 1.29 is 22.7 Å². The molecule has 0 fully saturated rings. The Kier molecular flexibility index (Phi) is 9.04. The van der Waals surface area contributed by atoms with Gasteiger partial charge in [0.2, 0.25) is 11.1 Å². The number of aryl methyl sites for hydroxylation is 2. The Labute approximate surface area is 232 Å². The van der Waals surface area contributed by atoms with Gasteiger partial charge < -0.3 is 19.0 Å². The van der Waals surface area contributed by atoms with Crippen LogP contribution in [-0.4, -0.2) is 16.2 Å². The zero-order valence-electron chi connectivity index (χ0n) is 22.8. The van der Waals surface area contributed by atoms with Crippen LogP contribution in [0, 0.1) is 27.7 Å². The van der Waals surface area contributed by atoms with Crippen LogP contribution in [0.1, 0.15) is 34.7 Å². The van der Waals surface area contributed by atoms with E-state index in [1.165, 1.54) is 5.56 Å². The van der Waals surface area contributed by atoms with Gasteiger partial charge in [0, 0.05) is 5.69 Å². The second-order valence-corrected chi connectivity index (χ2v) is 10.5. The van der Waals surface area contributed by atoms with E-state index in [1.54, 1.807) is 55.5 Å². The average Bonchev–Trinajstić information content (AvgIpc) is 2.94. The molecule has 0 saturated heterocycles. The molecule has 0 saturated carbocycles. The molecular weight excluding hydrogens is 510 g/mol. The van der Waals surface area contributed by atoms with E-state index in [-0.39, 0.29) is 5.91 Å². The van der Waals surface area contributed by atoms with E-state index < -0.39 is 17.2 Å². The standard InChI is InChI=1S/C32H33NO5S/c1-21-19-22(2)31(24(4)23(21)3)33-32(34)25(5)37-28-15-17-30(18-16-28)39(35)38-29-13-11-27(12-14-29)36-20-26-9-7-6-8-10-26/h6-19,25H,20H2,1-5H3,(H,33,34). The normalized spacial score (nSPS) is 12.3. The Morgan fingerprint density at radius 3 is 2.08 bits per heavy atom. The van der Waals surface area contributed by atoms with Gasteiger partial charge in [-0.2, -0.15) is 0 Å². The third-order valence-corrected chi connectivity index (χ3v) is 7.55. The van der Waals surface area contributed by atoms with Gasteiger partial charge in [0.25, 0.3) is 5.91 Å². The van der Waals surface area contributed by atoms with Crippen molar-refractivity contribution in [1.29, 1.82) is 0 Å². The van der Waals surface area contributed by atoms with Crippen molar-refractivity contribution in [3.8, 4) is 17.2 Å². The SMILES string of the molecule is Cc1cc(C)c(NC(=O)C(C)Oc2ccc(S(=O)Oc3ccc(OCc4ccccc4)cc3)cc2)c(C)c1C. The van der Waals surface area contributed by atoms with Gasteiger partial charge in [0.05, 0.1) is 4.90 Å². The number of hydrogen-bond acceptors (Lipinski definition) is 5. The van der Waals surface area contributed by atoms with Crippen molar-refractivity contribution in [2.45, 2.75) is 52.2 Å². The predicted molar refractivity (Wildman–Crippen MR) is 155 cm³/mol. The lowest BCUT2D eigenvalue weighted by molar-refractivity contribution is -0.122. The van der Waals surface area contributed by atoms with Gasteiger partial charge in [0.1, 0.15) is 23.9 Å². The highest BCUT2D eigenvalue weighted by atomic mass is 32.2. The summed E-state index contributed by atoms with van der Waals surface area (Å²) in [5.41, 5.74) is 6.30.